The van der Waals surface area contributed by atoms with Crippen molar-refractivity contribution in [1.82, 2.24) is 15.5 Å². The molecule has 2 rings (SSSR count). The molecule has 28 heavy (non-hydrogen) atoms. The van der Waals surface area contributed by atoms with Crippen molar-refractivity contribution in [3.8, 4) is 5.75 Å². The summed E-state index contributed by atoms with van der Waals surface area (Å²) in [6.45, 7) is 6.14. The molecule has 1 atom stereocenters. The zero-order valence-electron chi connectivity index (χ0n) is 16.3. The van der Waals surface area contributed by atoms with Crippen molar-refractivity contribution in [3.63, 3.8) is 0 Å². The van der Waals surface area contributed by atoms with Gasteiger partial charge in [0.2, 0.25) is 0 Å². The van der Waals surface area contributed by atoms with Crippen LogP contribution in [0.2, 0.25) is 0 Å². The number of ether oxygens (including phenoxy) is 1. The van der Waals surface area contributed by atoms with Gasteiger partial charge in [-0.3, -0.25) is 4.90 Å². The Morgan fingerprint density at radius 2 is 2.04 bits per heavy atom. The van der Waals surface area contributed by atoms with E-state index in [4.69, 9.17) is 4.74 Å². The summed E-state index contributed by atoms with van der Waals surface area (Å²) in [6.07, 6.45) is -0.901. The second-order valence-electron chi connectivity index (χ2n) is 6.72. The maximum atomic E-state index is 13.2. The van der Waals surface area contributed by atoms with Crippen LogP contribution in [0.1, 0.15) is 26.7 Å². The van der Waals surface area contributed by atoms with Gasteiger partial charge in [0.25, 0.3) is 6.43 Å². The highest BCUT2D eigenvalue weighted by Gasteiger charge is 2.22. The summed E-state index contributed by atoms with van der Waals surface area (Å²) in [5, 5.41) is 6.56. The van der Waals surface area contributed by atoms with Gasteiger partial charge in [-0.25, -0.2) is 18.2 Å². The highest BCUT2D eigenvalue weighted by atomic mass is 127. The molecule has 9 heteroatoms. The molecule has 5 nitrogen and oxygen atoms in total. The van der Waals surface area contributed by atoms with E-state index in [0.717, 1.165) is 19.4 Å². The third kappa shape index (κ3) is 9.31. The summed E-state index contributed by atoms with van der Waals surface area (Å²) in [6, 6.07) is 6.23. The lowest BCUT2D eigenvalue weighted by Crippen LogP contribution is -2.49. The van der Waals surface area contributed by atoms with Crippen LogP contribution < -0.4 is 15.4 Å². The van der Waals surface area contributed by atoms with Crippen molar-refractivity contribution in [3.05, 3.63) is 30.1 Å². The maximum Gasteiger partial charge on any atom is 0.251 e. The van der Waals surface area contributed by atoms with E-state index >= 15 is 0 Å². The zero-order valence-corrected chi connectivity index (χ0v) is 18.7. The Morgan fingerprint density at radius 1 is 1.32 bits per heavy atom. The number of benzene rings is 1. The number of rotatable bonds is 8. The number of nitrogens with zero attached hydrogens (tertiary/aromatic N) is 2. The standard InChI is InChI=1S/C19H29F3N4O.HI/c1-3-23-19(25-16-7-9-26(10-8-16)13-18(21)22)24-12-14(2)27-17-6-4-5-15(20)11-17;/h4-6,11,14,16,18H,3,7-10,12-13H2,1-2H3,(H2,23,24,25);1H. The van der Waals surface area contributed by atoms with Gasteiger partial charge in [-0.05, 0) is 38.8 Å². The Kier molecular flexibility index (Phi) is 11.6. The minimum Gasteiger partial charge on any atom is -0.489 e. The fourth-order valence-electron chi connectivity index (χ4n) is 3.00. The van der Waals surface area contributed by atoms with Crippen LogP contribution in [0.5, 0.6) is 5.75 Å². The fourth-order valence-corrected chi connectivity index (χ4v) is 3.00. The van der Waals surface area contributed by atoms with Crippen LogP contribution in [0.15, 0.2) is 29.3 Å². The third-order valence-corrected chi connectivity index (χ3v) is 4.31. The average Bonchev–Trinajstić information content (AvgIpc) is 2.61. The number of nitrogens with one attached hydrogen (secondary N) is 2. The minimum atomic E-state index is -2.28. The molecular weight excluding hydrogens is 484 g/mol. The van der Waals surface area contributed by atoms with Crippen LogP contribution in [-0.2, 0) is 0 Å². The topological polar surface area (TPSA) is 48.9 Å². The van der Waals surface area contributed by atoms with Crippen molar-refractivity contribution in [2.24, 2.45) is 4.99 Å². The van der Waals surface area contributed by atoms with Crippen LogP contribution in [-0.4, -0.2) is 62.2 Å². The summed E-state index contributed by atoms with van der Waals surface area (Å²) < 4.78 is 43.8. The Hall–Kier alpha value is -1.23. The van der Waals surface area contributed by atoms with Gasteiger partial charge < -0.3 is 15.4 Å². The molecule has 0 spiro atoms. The van der Waals surface area contributed by atoms with Crippen LogP contribution in [0.4, 0.5) is 13.2 Å². The number of likely N-dealkylation sites (tertiary alicyclic amines) is 1. The van der Waals surface area contributed by atoms with E-state index < -0.39 is 6.43 Å². The van der Waals surface area contributed by atoms with Gasteiger partial charge in [0.05, 0.1) is 13.1 Å². The van der Waals surface area contributed by atoms with E-state index in [1.165, 1.54) is 12.1 Å². The summed E-state index contributed by atoms with van der Waals surface area (Å²) in [7, 11) is 0. The molecule has 1 unspecified atom stereocenters. The van der Waals surface area contributed by atoms with E-state index in [1.807, 2.05) is 13.8 Å². The first-order valence-corrected chi connectivity index (χ1v) is 9.43. The maximum absolute atomic E-state index is 13.2. The predicted molar refractivity (Wildman–Crippen MR) is 116 cm³/mol. The summed E-state index contributed by atoms with van der Waals surface area (Å²) in [5.41, 5.74) is 0. The molecule has 2 N–H and O–H groups in total. The van der Waals surface area contributed by atoms with Crippen molar-refractivity contribution in [1.29, 1.82) is 0 Å². The molecule has 0 radical (unpaired) electrons. The lowest BCUT2D eigenvalue weighted by atomic mass is 10.1. The highest BCUT2D eigenvalue weighted by Crippen LogP contribution is 2.14. The first-order valence-electron chi connectivity index (χ1n) is 9.43. The molecule has 1 saturated heterocycles. The molecule has 1 aliphatic heterocycles. The normalized spacial score (nSPS) is 17.1. The predicted octanol–water partition coefficient (Wildman–Crippen LogP) is 3.50. The fraction of sp³-hybridized carbons (Fsp3) is 0.632. The molecule has 160 valence electrons. The average molecular weight is 514 g/mol. The highest BCUT2D eigenvalue weighted by molar-refractivity contribution is 14.0. The Bertz CT molecular complexity index is 598. The van der Waals surface area contributed by atoms with Gasteiger partial charge in [0.15, 0.2) is 5.96 Å². The Labute approximate surface area is 182 Å². The Balaban J connectivity index is 0.00000392. The second kappa shape index (κ2) is 13.1. The summed E-state index contributed by atoms with van der Waals surface area (Å²) in [5.74, 6) is 0.818. The lowest BCUT2D eigenvalue weighted by molar-refractivity contribution is 0.0744. The lowest BCUT2D eigenvalue weighted by Gasteiger charge is -2.32. The number of halogens is 4. The van der Waals surface area contributed by atoms with Crippen molar-refractivity contribution in [2.75, 3.05) is 32.7 Å². The minimum absolute atomic E-state index is 0. The van der Waals surface area contributed by atoms with E-state index in [0.29, 0.717) is 31.3 Å². The quantitative estimate of drug-likeness (QED) is 0.317. The molecule has 1 fully saturated rings. The van der Waals surface area contributed by atoms with Gasteiger partial charge in [-0.2, -0.15) is 0 Å². The molecule has 1 aromatic carbocycles. The van der Waals surface area contributed by atoms with Crippen molar-refractivity contribution < 1.29 is 17.9 Å². The monoisotopic (exact) mass is 514 g/mol. The van der Waals surface area contributed by atoms with E-state index in [1.54, 1.807) is 17.0 Å². The number of alkyl halides is 2. The smallest absolute Gasteiger partial charge is 0.251 e. The first kappa shape index (κ1) is 24.8. The largest absolute Gasteiger partial charge is 0.489 e. The zero-order chi connectivity index (χ0) is 19.6. The van der Waals surface area contributed by atoms with E-state index in [9.17, 15) is 13.2 Å². The molecule has 0 amide bonds. The van der Waals surface area contributed by atoms with Crippen LogP contribution >= 0.6 is 24.0 Å². The molecule has 0 aliphatic carbocycles. The van der Waals surface area contributed by atoms with Crippen molar-refractivity contribution >= 4 is 29.9 Å². The summed E-state index contributed by atoms with van der Waals surface area (Å²) in [4.78, 5) is 6.33. The Morgan fingerprint density at radius 3 is 2.64 bits per heavy atom. The van der Waals surface area contributed by atoms with Crippen LogP contribution in [0.3, 0.4) is 0 Å². The number of aliphatic imine (C=N–C) groups is 1. The number of hydrogen-bond acceptors (Lipinski definition) is 3. The van der Waals surface area contributed by atoms with Crippen molar-refractivity contribution in [2.45, 2.75) is 45.3 Å². The SMILES string of the molecule is CCNC(=NCC(C)Oc1cccc(F)c1)NC1CCN(CC(F)F)CC1.I. The summed E-state index contributed by atoms with van der Waals surface area (Å²) >= 11 is 0. The molecule has 0 saturated carbocycles. The molecule has 1 heterocycles. The van der Waals surface area contributed by atoms with Gasteiger partial charge in [-0.15, -0.1) is 24.0 Å². The molecule has 0 bridgehead atoms. The molecular formula is C19H30F3IN4O. The number of piperidine rings is 1. The van der Waals surface area contributed by atoms with Gasteiger partial charge in [0, 0.05) is 31.7 Å². The first-order chi connectivity index (χ1) is 13.0. The number of guanidine groups is 1. The van der Waals surface area contributed by atoms with E-state index in [2.05, 4.69) is 15.6 Å². The third-order valence-electron chi connectivity index (χ3n) is 4.31. The van der Waals surface area contributed by atoms with E-state index in [-0.39, 0.29) is 48.5 Å². The second-order valence-corrected chi connectivity index (χ2v) is 6.72. The van der Waals surface area contributed by atoms with Gasteiger partial charge >= 0.3 is 0 Å². The van der Waals surface area contributed by atoms with Gasteiger partial charge in [-0.1, -0.05) is 6.07 Å². The van der Waals surface area contributed by atoms with Crippen LogP contribution in [0, 0.1) is 5.82 Å². The van der Waals surface area contributed by atoms with Gasteiger partial charge in [0.1, 0.15) is 17.7 Å². The molecule has 0 aromatic heterocycles. The molecule has 1 aromatic rings. The van der Waals surface area contributed by atoms with Crippen LogP contribution in [0.25, 0.3) is 0 Å². The number of hydrogen-bond donors (Lipinski definition) is 2. The molecule has 1 aliphatic rings.